The third-order valence-electron chi connectivity index (χ3n) is 6.62. The summed E-state index contributed by atoms with van der Waals surface area (Å²) in [5, 5.41) is 3.11. The van der Waals surface area contributed by atoms with Gasteiger partial charge in [-0.1, -0.05) is 60.7 Å². The molecule has 3 aromatic carbocycles. The van der Waals surface area contributed by atoms with E-state index in [1.54, 1.807) is 7.11 Å². The third kappa shape index (κ3) is 7.43. The van der Waals surface area contributed by atoms with Gasteiger partial charge in [0.25, 0.3) is 0 Å². The number of nitrogens with one attached hydrogen (secondary N) is 1. The summed E-state index contributed by atoms with van der Waals surface area (Å²) >= 11 is 0. The molecule has 1 aliphatic rings. The Labute approximate surface area is 213 Å². The lowest BCUT2D eigenvalue weighted by molar-refractivity contribution is -0.131. The number of carbonyl (C=O) groups excluding carboxylic acids is 2. The highest BCUT2D eigenvalue weighted by Crippen LogP contribution is 2.19. The van der Waals surface area contributed by atoms with Gasteiger partial charge in [0.2, 0.25) is 11.8 Å². The van der Waals surface area contributed by atoms with E-state index in [9.17, 15) is 9.59 Å². The second kappa shape index (κ2) is 12.9. The molecule has 188 valence electrons. The lowest BCUT2D eigenvalue weighted by atomic mass is 10.0. The molecule has 1 saturated heterocycles. The Bertz CT molecular complexity index is 1130. The minimum Gasteiger partial charge on any atom is -0.497 e. The number of hydrogen-bond acceptors (Lipinski definition) is 4. The van der Waals surface area contributed by atoms with E-state index < -0.39 is 0 Å². The molecular formula is C30H35N3O3. The lowest BCUT2D eigenvalue weighted by Gasteiger charge is -2.22. The molecule has 3 aromatic rings. The minimum atomic E-state index is -0.0187. The average Bonchev–Trinajstić information content (AvgIpc) is 3.15. The van der Waals surface area contributed by atoms with Crippen molar-refractivity contribution in [3.8, 4) is 5.75 Å². The van der Waals surface area contributed by atoms with Crippen molar-refractivity contribution in [1.82, 2.24) is 9.80 Å². The fraction of sp³-hybridized carbons (Fsp3) is 0.333. The minimum absolute atomic E-state index is 0.0187. The van der Waals surface area contributed by atoms with Crippen LogP contribution in [-0.2, 0) is 22.4 Å². The number of carbonyl (C=O) groups is 2. The molecule has 0 aromatic heterocycles. The zero-order chi connectivity index (χ0) is 25.2. The summed E-state index contributed by atoms with van der Waals surface area (Å²) in [7, 11) is 1.65. The molecule has 0 spiro atoms. The highest BCUT2D eigenvalue weighted by molar-refractivity contribution is 5.93. The SMILES string of the molecule is COc1ccc(CCC(=O)N2CCCN(CC(=O)Nc3ccccc3Cc3ccccc3)CC2)cc1. The molecule has 6 heteroatoms. The fourth-order valence-corrected chi connectivity index (χ4v) is 4.59. The number of rotatable bonds is 9. The van der Waals surface area contributed by atoms with Crippen LogP contribution in [0.5, 0.6) is 5.75 Å². The van der Waals surface area contributed by atoms with Gasteiger partial charge in [-0.25, -0.2) is 0 Å². The molecule has 1 heterocycles. The molecule has 4 rings (SSSR count). The largest absolute Gasteiger partial charge is 0.497 e. The molecule has 36 heavy (non-hydrogen) atoms. The monoisotopic (exact) mass is 485 g/mol. The van der Waals surface area contributed by atoms with Crippen molar-refractivity contribution in [3.05, 3.63) is 95.6 Å². The zero-order valence-corrected chi connectivity index (χ0v) is 21.0. The van der Waals surface area contributed by atoms with Crippen LogP contribution in [0, 0.1) is 0 Å². The maximum absolute atomic E-state index is 12.9. The van der Waals surface area contributed by atoms with Crippen molar-refractivity contribution in [2.45, 2.75) is 25.7 Å². The predicted octanol–water partition coefficient (Wildman–Crippen LogP) is 4.39. The van der Waals surface area contributed by atoms with E-state index in [1.807, 2.05) is 65.6 Å². The Kier molecular flexibility index (Phi) is 9.11. The van der Waals surface area contributed by atoms with E-state index in [0.717, 1.165) is 48.5 Å². The summed E-state index contributed by atoms with van der Waals surface area (Å²) in [6, 6.07) is 26.1. The predicted molar refractivity (Wildman–Crippen MR) is 143 cm³/mol. The third-order valence-corrected chi connectivity index (χ3v) is 6.62. The molecule has 0 unspecified atom stereocenters. The van der Waals surface area contributed by atoms with Gasteiger partial charge >= 0.3 is 0 Å². The van der Waals surface area contributed by atoms with Crippen LogP contribution in [0.1, 0.15) is 29.5 Å². The van der Waals surface area contributed by atoms with Gasteiger partial charge < -0.3 is 15.0 Å². The molecule has 1 N–H and O–H groups in total. The van der Waals surface area contributed by atoms with E-state index in [4.69, 9.17) is 4.74 Å². The van der Waals surface area contributed by atoms with Crippen molar-refractivity contribution in [3.63, 3.8) is 0 Å². The van der Waals surface area contributed by atoms with Crippen molar-refractivity contribution >= 4 is 17.5 Å². The molecule has 0 radical (unpaired) electrons. The highest BCUT2D eigenvalue weighted by atomic mass is 16.5. The first kappa shape index (κ1) is 25.5. The number of methoxy groups -OCH3 is 1. The highest BCUT2D eigenvalue weighted by Gasteiger charge is 2.20. The molecule has 0 aliphatic carbocycles. The fourth-order valence-electron chi connectivity index (χ4n) is 4.59. The topological polar surface area (TPSA) is 61.9 Å². The smallest absolute Gasteiger partial charge is 0.238 e. The summed E-state index contributed by atoms with van der Waals surface area (Å²) in [4.78, 5) is 29.8. The van der Waals surface area contributed by atoms with Crippen LogP contribution in [0.15, 0.2) is 78.9 Å². The van der Waals surface area contributed by atoms with E-state index >= 15 is 0 Å². The molecule has 0 saturated carbocycles. The number of amides is 2. The van der Waals surface area contributed by atoms with E-state index in [0.29, 0.717) is 32.5 Å². The van der Waals surface area contributed by atoms with Gasteiger partial charge in [-0.2, -0.15) is 0 Å². The number of benzene rings is 3. The maximum Gasteiger partial charge on any atom is 0.238 e. The summed E-state index contributed by atoms with van der Waals surface area (Å²) in [6.07, 6.45) is 2.85. The molecular weight excluding hydrogens is 450 g/mol. The van der Waals surface area contributed by atoms with Gasteiger partial charge in [0, 0.05) is 38.3 Å². The second-order valence-electron chi connectivity index (χ2n) is 9.23. The van der Waals surface area contributed by atoms with E-state index in [2.05, 4.69) is 28.4 Å². The van der Waals surface area contributed by atoms with Gasteiger partial charge in [-0.3, -0.25) is 14.5 Å². The molecule has 1 aliphatic heterocycles. The van der Waals surface area contributed by atoms with Crippen molar-refractivity contribution < 1.29 is 14.3 Å². The molecule has 6 nitrogen and oxygen atoms in total. The molecule has 2 amide bonds. The van der Waals surface area contributed by atoms with Crippen LogP contribution >= 0.6 is 0 Å². The number of nitrogens with zero attached hydrogens (tertiary/aromatic N) is 2. The first-order valence-electron chi connectivity index (χ1n) is 12.7. The number of ether oxygens (including phenoxy) is 1. The van der Waals surface area contributed by atoms with Gasteiger partial charge in [0.15, 0.2) is 0 Å². The van der Waals surface area contributed by atoms with Crippen molar-refractivity contribution in [2.75, 3.05) is 45.2 Å². The van der Waals surface area contributed by atoms with Crippen molar-refractivity contribution in [2.24, 2.45) is 0 Å². The molecule has 0 bridgehead atoms. The molecule has 0 atom stereocenters. The maximum atomic E-state index is 12.9. The first-order chi connectivity index (χ1) is 17.6. The van der Waals surface area contributed by atoms with Gasteiger partial charge in [0.1, 0.15) is 5.75 Å². The Morgan fingerprint density at radius 1 is 0.833 bits per heavy atom. The number of para-hydroxylation sites is 1. The standard InChI is InChI=1S/C30H35N3O3/c1-36-27-15-12-24(13-16-27)14-17-30(35)33-19-7-18-32(20-21-33)23-29(34)31-28-11-6-5-10-26(28)22-25-8-3-2-4-9-25/h2-6,8-13,15-16H,7,14,17-23H2,1H3,(H,31,34). The second-order valence-corrected chi connectivity index (χ2v) is 9.23. The summed E-state index contributed by atoms with van der Waals surface area (Å²) in [5.74, 6) is 0.975. The normalized spacial score (nSPS) is 14.2. The van der Waals surface area contributed by atoms with E-state index in [1.165, 1.54) is 5.56 Å². The number of anilines is 1. The van der Waals surface area contributed by atoms with Crippen LogP contribution in [0.2, 0.25) is 0 Å². The van der Waals surface area contributed by atoms with Gasteiger partial charge in [-0.05, 0) is 54.2 Å². The average molecular weight is 486 g/mol. The summed E-state index contributed by atoms with van der Waals surface area (Å²) in [5.41, 5.74) is 4.30. The van der Waals surface area contributed by atoms with E-state index in [-0.39, 0.29) is 11.8 Å². The number of hydrogen-bond donors (Lipinski definition) is 1. The van der Waals surface area contributed by atoms with Crippen LogP contribution in [0.4, 0.5) is 5.69 Å². The van der Waals surface area contributed by atoms with Crippen LogP contribution in [-0.4, -0.2) is 61.4 Å². The lowest BCUT2D eigenvalue weighted by Crippen LogP contribution is -2.38. The van der Waals surface area contributed by atoms with Crippen LogP contribution in [0.3, 0.4) is 0 Å². The van der Waals surface area contributed by atoms with Gasteiger partial charge in [-0.15, -0.1) is 0 Å². The Hall–Kier alpha value is -3.64. The first-order valence-corrected chi connectivity index (χ1v) is 12.7. The summed E-state index contributed by atoms with van der Waals surface area (Å²) < 4.78 is 5.20. The quantitative estimate of drug-likeness (QED) is 0.488. The Morgan fingerprint density at radius 2 is 1.58 bits per heavy atom. The number of aryl methyl sites for hydroxylation is 1. The van der Waals surface area contributed by atoms with Crippen molar-refractivity contribution in [1.29, 1.82) is 0 Å². The Balaban J connectivity index is 1.25. The molecule has 1 fully saturated rings. The Morgan fingerprint density at radius 3 is 2.36 bits per heavy atom. The van der Waals surface area contributed by atoms with Crippen LogP contribution < -0.4 is 10.1 Å². The van der Waals surface area contributed by atoms with Gasteiger partial charge in [0.05, 0.1) is 13.7 Å². The van der Waals surface area contributed by atoms with Crippen LogP contribution in [0.25, 0.3) is 0 Å². The zero-order valence-electron chi connectivity index (χ0n) is 21.0. The summed E-state index contributed by atoms with van der Waals surface area (Å²) in [6.45, 7) is 3.22.